The highest BCUT2D eigenvalue weighted by Crippen LogP contribution is 2.37. The van der Waals surface area contributed by atoms with Crippen molar-refractivity contribution in [1.82, 2.24) is 0 Å². The Bertz CT molecular complexity index is 827. The summed E-state index contributed by atoms with van der Waals surface area (Å²) < 4.78 is 5.69. The minimum Gasteiger partial charge on any atom is -0.494 e. The molecule has 0 saturated heterocycles. The number of amides is 2. The Morgan fingerprint density at radius 3 is 2.57 bits per heavy atom. The van der Waals surface area contributed by atoms with Gasteiger partial charge in [-0.1, -0.05) is 26.2 Å². The second kappa shape index (κ2) is 9.73. The Balaban J connectivity index is 1.70. The van der Waals surface area contributed by atoms with Crippen LogP contribution in [0.3, 0.4) is 0 Å². The highest BCUT2D eigenvalue weighted by Gasteiger charge is 2.24. The summed E-state index contributed by atoms with van der Waals surface area (Å²) in [7, 11) is 0. The van der Waals surface area contributed by atoms with Gasteiger partial charge in [0.25, 0.3) is 11.8 Å². The van der Waals surface area contributed by atoms with E-state index in [9.17, 15) is 9.59 Å². The number of nitrogens with one attached hydrogen (secondary N) is 1. The minimum absolute atomic E-state index is 0.239. The molecular weight excluding hydrogens is 372 g/mol. The van der Waals surface area contributed by atoms with E-state index in [1.165, 1.54) is 16.2 Å². The van der Waals surface area contributed by atoms with Crippen molar-refractivity contribution in [2.24, 2.45) is 5.73 Å². The van der Waals surface area contributed by atoms with E-state index in [0.29, 0.717) is 22.7 Å². The average Bonchev–Trinajstić information content (AvgIpc) is 2.86. The van der Waals surface area contributed by atoms with Crippen LogP contribution >= 0.6 is 11.3 Å². The van der Waals surface area contributed by atoms with E-state index in [1.54, 1.807) is 24.3 Å². The third-order valence-electron chi connectivity index (χ3n) is 5.03. The minimum atomic E-state index is -0.467. The molecule has 1 aromatic heterocycles. The molecule has 5 nitrogen and oxygen atoms in total. The first kappa shape index (κ1) is 20.4. The summed E-state index contributed by atoms with van der Waals surface area (Å²) in [6.07, 6.45) is 8.45. The van der Waals surface area contributed by atoms with Crippen molar-refractivity contribution in [1.29, 1.82) is 0 Å². The number of hydrogen-bond donors (Lipinski definition) is 2. The summed E-state index contributed by atoms with van der Waals surface area (Å²) in [4.78, 5) is 25.9. The van der Waals surface area contributed by atoms with Crippen LogP contribution in [-0.4, -0.2) is 18.4 Å². The molecule has 0 atom stereocenters. The number of fused-ring (bicyclic) bond motifs is 1. The number of carbonyl (C=O) groups is 2. The Labute approximate surface area is 170 Å². The lowest BCUT2D eigenvalue weighted by molar-refractivity contribution is 0.100. The van der Waals surface area contributed by atoms with Crippen LogP contribution in [0.1, 0.15) is 76.6 Å². The highest BCUT2D eigenvalue weighted by atomic mass is 32.1. The van der Waals surface area contributed by atoms with Crippen molar-refractivity contribution < 1.29 is 14.3 Å². The molecule has 2 amide bonds. The summed E-state index contributed by atoms with van der Waals surface area (Å²) in [5.74, 6) is 0.0512. The lowest BCUT2D eigenvalue weighted by Crippen LogP contribution is -2.18. The van der Waals surface area contributed by atoms with Crippen LogP contribution in [0, 0.1) is 0 Å². The Morgan fingerprint density at radius 2 is 1.86 bits per heavy atom. The molecule has 1 aromatic carbocycles. The lowest BCUT2D eigenvalue weighted by atomic mass is 10.1. The maximum Gasteiger partial charge on any atom is 0.256 e. The number of rotatable bonds is 8. The van der Waals surface area contributed by atoms with Crippen LogP contribution < -0.4 is 15.8 Å². The number of thiophene rings is 1. The van der Waals surface area contributed by atoms with Gasteiger partial charge < -0.3 is 15.8 Å². The van der Waals surface area contributed by atoms with Gasteiger partial charge in [0.1, 0.15) is 10.8 Å². The molecule has 0 radical (unpaired) electrons. The van der Waals surface area contributed by atoms with Crippen molar-refractivity contribution in [3.63, 3.8) is 0 Å². The number of benzene rings is 1. The van der Waals surface area contributed by atoms with E-state index in [1.807, 2.05) is 0 Å². The van der Waals surface area contributed by atoms with Crippen molar-refractivity contribution in [3.8, 4) is 5.75 Å². The quantitative estimate of drug-likeness (QED) is 0.486. The van der Waals surface area contributed by atoms with Gasteiger partial charge in [0.2, 0.25) is 0 Å². The molecule has 2 aromatic rings. The zero-order valence-corrected chi connectivity index (χ0v) is 17.2. The summed E-state index contributed by atoms with van der Waals surface area (Å²) in [6, 6.07) is 7.10. The largest absolute Gasteiger partial charge is 0.494 e. The van der Waals surface area contributed by atoms with Gasteiger partial charge in [-0.25, -0.2) is 0 Å². The fourth-order valence-corrected chi connectivity index (χ4v) is 4.80. The monoisotopic (exact) mass is 400 g/mol. The summed E-state index contributed by atoms with van der Waals surface area (Å²) >= 11 is 1.49. The molecule has 150 valence electrons. The fourth-order valence-electron chi connectivity index (χ4n) is 3.51. The molecule has 0 fully saturated rings. The van der Waals surface area contributed by atoms with Gasteiger partial charge >= 0.3 is 0 Å². The third kappa shape index (κ3) is 4.93. The first-order valence-corrected chi connectivity index (χ1v) is 10.9. The number of aryl methyl sites for hydroxylation is 1. The van der Waals surface area contributed by atoms with E-state index in [4.69, 9.17) is 10.5 Å². The van der Waals surface area contributed by atoms with Gasteiger partial charge in [-0.15, -0.1) is 11.3 Å². The van der Waals surface area contributed by atoms with E-state index in [2.05, 4.69) is 12.2 Å². The number of anilines is 1. The smallest absolute Gasteiger partial charge is 0.256 e. The van der Waals surface area contributed by atoms with E-state index in [0.717, 1.165) is 62.7 Å². The highest BCUT2D eigenvalue weighted by molar-refractivity contribution is 7.17. The van der Waals surface area contributed by atoms with E-state index in [-0.39, 0.29) is 5.91 Å². The number of carbonyl (C=O) groups excluding carboxylic acids is 2. The topological polar surface area (TPSA) is 81.4 Å². The Hall–Kier alpha value is -2.34. The zero-order valence-electron chi connectivity index (χ0n) is 16.4. The van der Waals surface area contributed by atoms with Crippen molar-refractivity contribution in [3.05, 3.63) is 45.8 Å². The van der Waals surface area contributed by atoms with Crippen molar-refractivity contribution in [2.45, 2.75) is 58.3 Å². The van der Waals surface area contributed by atoms with E-state index >= 15 is 0 Å². The third-order valence-corrected chi connectivity index (χ3v) is 6.24. The van der Waals surface area contributed by atoms with Crippen LogP contribution in [0.5, 0.6) is 5.75 Å². The maximum absolute atomic E-state index is 12.7. The molecule has 0 aliphatic heterocycles. The molecule has 3 N–H and O–H groups in total. The average molecular weight is 401 g/mol. The Kier molecular flexibility index (Phi) is 7.09. The number of nitrogens with two attached hydrogens (primary N) is 1. The van der Waals surface area contributed by atoms with Gasteiger partial charge in [0.05, 0.1) is 12.2 Å². The maximum atomic E-state index is 12.7. The predicted molar refractivity (Wildman–Crippen MR) is 114 cm³/mol. The van der Waals surface area contributed by atoms with Gasteiger partial charge in [-0.2, -0.15) is 0 Å². The van der Waals surface area contributed by atoms with Gasteiger partial charge in [-0.05, 0) is 61.9 Å². The van der Waals surface area contributed by atoms with E-state index < -0.39 is 5.91 Å². The number of primary amides is 1. The second-order valence-electron chi connectivity index (χ2n) is 7.17. The molecule has 6 heteroatoms. The van der Waals surface area contributed by atoms with Crippen LogP contribution in [0.2, 0.25) is 0 Å². The number of hydrogen-bond acceptors (Lipinski definition) is 4. The van der Waals surface area contributed by atoms with Crippen molar-refractivity contribution >= 4 is 28.2 Å². The molecule has 0 saturated carbocycles. The lowest BCUT2D eigenvalue weighted by Gasteiger charge is -2.08. The molecule has 1 aliphatic rings. The molecule has 1 heterocycles. The molecule has 0 bridgehead atoms. The van der Waals surface area contributed by atoms with Gasteiger partial charge in [0, 0.05) is 10.4 Å². The molecule has 1 aliphatic carbocycles. The van der Waals surface area contributed by atoms with Gasteiger partial charge in [-0.3, -0.25) is 9.59 Å². The normalized spacial score (nSPS) is 13.5. The molecule has 0 spiro atoms. The first-order chi connectivity index (χ1) is 13.6. The van der Waals surface area contributed by atoms with Crippen LogP contribution in [0.4, 0.5) is 5.00 Å². The Morgan fingerprint density at radius 1 is 1.11 bits per heavy atom. The molecule has 3 rings (SSSR count). The van der Waals surface area contributed by atoms with Crippen LogP contribution in [-0.2, 0) is 12.8 Å². The second-order valence-corrected chi connectivity index (χ2v) is 8.27. The standard InChI is InChI=1S/C22H28N2O3S/c1-2-3-7-14-27-16-12-10-15(11-13-16)21(26)24-22-19(20(23)25)17-8-5-4-6-9-18(17)28-22/h10-13H,2-9,14H2,1H3,(H2,23,25)(H,24,26). The van der Waals surface area contributed by atoms with Crippen LogP contribution in [0.25, 0.3) is 0 Å². The molecule has 28 heavy (non-hydrogen) atoms. The zero-order chi connectivity index (χ0) is 19.9. The first-order valence-electron chi connectivity index (χ1n) is 10.1. The summed E-state index contributed by atoms with van der Waals surface area (Å²) in [5, 5.41) is 3.48. The summed E-state index contributed by atoms with van der Waals surface area (Å²) in [6.45, 7) is 2.84. The fraction of sp³-hybridized carbons (Fsp3) is 0.455. The van der Waals surface area contributed by atoms with Crippen LogP contribution in [0.15, 0.2) is 24.3 Å². The SMILES string of the molecule is CCCCCOc1ccc(C(=O)Nc2sc3c(c2C(N)=O)CCCCC3)cc1. The number of unbranched alkanes of at least 4 members (excludes halogenated alkanes) is 2. The number of ether oxygens (including phenoxy) is 1. The predicted octanol–water partition coefficient (Wildman–Crippen LogP) is 4.94. The van der Waals surface area contributed by atoms with Crippen molar-refractivity contribution in [2.75, 3.05) is 11.9 Å². The molecular formula is C22H28N2O3S. The summed E-state index contributed by atoms with van der Waals surface area (Å²) in [5.41, 5.74) is 7.68. The molecule has 0 unspecified atom stereocenters. The van der Waals surface area contributed by atoms with Gasteiger partial charge in [0.15, 0.2) is 0 Å².